The van der Waals surface area contributed by atoms with E-state index in [1.54, 1.807) is 24.1 Å². The Morgan fingerprint density at radius 2 is 2.25 bits per heavy atom. The van der Waals surface area contributed by atoms with Crippen LogP contribution in [0.1, 0.15) is 17.6 Å². The summed E-state index contributed by atoms with van der Waals surface area (Å²) in [5.41, 5.74) is 0.260. The fraction of sp³-hybridized carbons (Fsp3) is 0.250. The number of aromatic nitrogens is 2. The van der Waals surface area contributed by atoms with Crippen molar-refractivity contribution in [3.05, 3.63) is 51.8 Å². The first-order chi connectivity index (χ1) is 9.47. The zero-order valence-electron chi connectivity index (χ0n) is 10.6. The van der Waals surface area contributed by atoms with E-state index in [4.69, 9.17) is 0 Å². The van der Waals surface area contributed by atoms with Crippen LogP contribution in [0.5, 0.6) is 0 Å². The lowest BCUT2D eigenvalue weighted by molar-refractivity contribution is -0.385. The maximum atomic E-state index is 12.9. The Morgan fingerprint density at radius 1 is 1.50 bits per heavy atom. The van der Waals surface area contributed by atoms with Crippen LogP contribution in [0.4, 0.5) is 20.2 Å². The summed E-state index contributed by atoms with van der Waals surface area (Å²) in [5.74, 6) is 0. The van der Waals surface area contributed by atoms with Crippen LogP contribution >= 0.6 is 0 Å². The maximum absolute atomic E-state index is 12.9. The third kappa shape index (κ3) is 3.08. The SMILES string of the molecule is Cn1cc(CNc2ccc([N+](=O)[O-])cc2C(F)F)cn1. The maximum Gasteiger partial charge on any atom is 0.270 e. The third-order valence-electron chi connectivity index (χ3n) is 2.72. The van der Waals surface area contributed by atoms with Crippen molar-refractivity contribution >= 4 is 11.4 Å². The van der Waals surface area contributed by atoms with Crippen molar-refractivity contribution in [3.8, 4) is 0 Å². The average Bonchev–Trinajstić information content (AvgIpc) is 2.81. The van der Waals surface area contributed by atoms with Crippen LogP contribution < -0.4 is 5.32 Å². The van der Waals surface area contributed by atoms with Gasteiger partial charge in [-0.3, -0.25) is 14.8 Å². The van der Waals surface area contributed by atoms with E-state index in [0.717, 1.165) is 11.6 Å². The lowest BCUT2D eigenvalue weighted by Crippen LogP contribution is -2.03. The number of nitro benzene ring substituents is 1. The second-order valence-corrected chi connectivity index (χ2v) is 4.21. The van der Waals surface area contributed by atoms with Crippen LogP contribution in [0, 0.1) is 10.1 Å². The highest BCUT2D eigenvalue weighted by Gasteiger charge is 2.17. The van der Waals surface area contributed by atoms with Crippen molar-refractivity contribution in [2.75, 3.05) is 5.32 Å². The highest BCUT2D eigenvalue weighted by molar-refractivity contribution is 5.56. The molecule has 0 aliphatic heterocycles. The molecule has 2 aromatic rings. The van der Waals surface area contributed by atoms with Crippen LogP contribution in [-0.2, 0) is 13.6 Å². The van der Waals surface area contributed by atoms with Crippen LogP contribution in [-0.4, -0.2) is 14.7 Å². The molecule has 0 bridgehead atoms. The van der Waals surface area contributed by atoms with Gasteiger partial charge in [-0.1, -0.05) is 0 Å². The van der Waals surface area contributed by atoms with Crippen molar-refractivity contribution in [2.24, 2.45) is 7.05 Å². The van der Waals surface area contributed by atoms with Crippen molar-refractivity contribution in [1.82, 2.24) is 9.78 Å². The molecule has 0 radical (unpaired) electrons. The number of rotatable bonds is 5. The Labute approximate surface area is 113 Å². The molecular weight excluding hydrogens is 270 g/mol. The molecule has 1 N–H and O–H groups in total. The summed E-state index contributed by atoms with van der Waals surface area (Å²) >= 11 is 0. The number of hydrogen-bond acceptors (Lipinski definition) is 4. The van der Waals surface area contributed by atoms with Crippen LogP contribution in [0.2, 0.25) is 0 Å². The van der Waals surface area contributed by atoms with Crippen LogP contribution in [0.15, 0.2) is 30.6 Å². The van der Waals surface area contributed by atoms with Gasteiger partial charge < -0.3 is 5.32 Å². The van der Waals surface area contributed by atoms with E-state index in [9.17, 15) is 18.9 Å². The molecule has 106 valence electrons. The molecule has 6 nitrogen and oxygen atoms in total. The van der Waals surface area contributed by atoms with Crippen molar-refractivity contribution in [1.29, 1.82) is 0 Å². The molecule has 8 heteroatoms. The van der Waals surface area contributed by atoms with Crippen molar-refractivity contribution < 1.29 is 13.7 Å². The first-order valence-corrected chi connectivity index (χ1v) is 5.75. The molecule has 0 saturated heterocycles. The van der Waals surface area contributed by atoms with Gasteiger partial charge >= 0.3 is 0 Å². The monoisotopic (exact) mass is 282 g/mol. The lowest BCUT2D eigenvalue weighted by atomic mass is 10.1. The van der Waals surface area contributed by atoms with Gasteiger partial charge in [0, 0.05) is 48.7 Å². The molecule has 0 saturated carbocycles. The van der Waals surface area contributed by atoms with Gasteiger partial charge in [0.2, 0.25) is 0 Å². The molecule has 20 heavy (non-hydrogen) atoms. The average molecular weight is 282 g/mol. The van der Waals surface area contributed by atoms with Crippen LogP contribution in [0.3, 0.4) is 0 Å². The molecule has 1 aromatic heterocycles. The summed E-state index contributed by atoms with van der Waals surface area (Å²) in [6, 6.07) is 3.36. The first-order valence-electron chi connectivity index (χ1n) is 5.75. The topological polar surface area (TPSA) is 73.0 Å². The van der Waals surface area contributed by atoms with Gasteiger partial charge in [-0.2, -0.15) is 5.10 Å². The highest BCUT2D eigenvalue weighted by atomic mass is 19.3. The van der Waals surface area contributed by atoms with Gasteiger partial charge in [0.15, 0.2) is 0 Å². The number of hydrogen-bond donors (Lipinski definition) is 1. The quantitative estimate of drug-likeness (QED) is 0.676. The molecule has 0 amide bonds. The van der Waals surface area contributed by atoms with E-state index < -0.39 is 11.3 Å². The number of nitrogens with zero attached hydrogens (tertiary/aromatic N) is 3. The Morgan fingerprint density at radius 3 is 2.80 bits per heavy atom. The van der Waals surface area contributed by atoms with Gasteiger partial charge in [0.1, 0.15) is 0 Å². The Balaban J connectivity index is 2.20. The van der Waals surface area contributed by atoms with E-state index in [0.29, 0.717) is 6.54 Å². The number of alkyl halides is 2. The number of anilines is 1. The Kier molecular flexibility index (Phi) is 3.92. The van der Waals surface area contributed by atoms with Gasteiger partial charge in [-0.25, -0.2) is 8.78 Å². The van der Waals surface area contributed by atoms with Gasteiger partial charge in [0.05, 0.1) is 11.1 Å². The molecule has 2 rings (SSSR count). The van der Waals surface area contributed by atoms with E-state index in [1.807, 2.05) is 0 Å². The molecule has 0 fully saturated rings. The summed E-state index contributed by atoms with van der Waals surface area (Å²) in [4.78, 5) is 9.90. The van der Waals surface area contributed by atoms with Gasteiger partial charge in [0.25, 0.3) is 12.1 Å². The summed E-state index contributed by atoms with van der Waals surface area (Å²) < 4.78 is 27.4. The molecule has 1 heterocycles. The minimum Gasteiger partial charge on any atom is -0.380 e. The van der Waals surface area contributed by atoms with E-state index in [2.05, 4.69) is 10.4 Å². The molecule has 0 aliphatic rings. The molecule has 0 spiro atoms. The van der Waals surface area contributed by atoms with E-state index in [-0.39, 0.29) is 16.9 Å². The molecule has 0 aliphatic carbocycles. The third-order valence-corrected chi connectivity index (χ3v) is 2.72. The minimum absolute atomic E-state index is 0.175. The van der Waals surface area contributed by atoms with Crippen LogP contribution in [0.25, 0.3) is 0 Å². The zero-order chi connectivity index (χ0) is 14.7. The predicted molar refractivity (Wildman–Crippen MR) is 68.6 cm³/mol. The van der Waals surface area contributed by atoms with Crippen molar-refractivity contribution in [3.63, 3.8) is 0 Å². The van der Waals surface area contributed by atoms with Gasteiger partial charge in [-0.05, 0) is 6.07 Å². The lowest BCUT2D eigenvalue weighted by Gasteiger charge is -2.10. The first kappa shape index (κ1) is 13.9. The molecule has 1 aromatic carbocycles. The number of nitrogens with one attached hydrogen (secondary N) is 1. The molecule has 0 atom stereocenters. The fourth-order valence-electron chi connectivity index (χ4n) is 1.77. The second-order valence-electron chi connectivity index (χ2n) is 4.21. The summed E-state index contributed by atoms with van der Waals surface area (Å²) in [5, 5.41) is 17.4. The predicted octanol–water partition coefficient (Wildman–Crippen LogP) is 2.88. The number of nitro groups is 1. The van der Waals surface area contributed by atoms with Crippen molar-refractivity contribution in [2.45, 2.75) is 13.0 Å². The fourth-order valence-corrected chi connectivity index (χ4v) is 1.77. The zero-order valence-corrected chi connectivity index (χ0v) is 10.6. The summed E-state index contributed by atoms with van der Waals surface area (Å²) in [6.45, 7) is 0.311. The van der Waals surface area contributed by atoms with E-state index in [1.165, 1.54) is 12.1 Å². The second kappa shape index (κ2) is 5.64. The molecular formula is C12H12F2N4O2. The minimum atomic E-state index is -2.79. The molecule has 0 unspecified atom stereocenters. The smallest absolute Gasteiger partial charge is 0.270 e. The largest absolute Gasteiger partial charge is 0.380 e. The Hall–Kier alpha value is -2.51. The van der Waals surface area contributed by atoms with Gasteiger partial charge in [-0.15, -0.1) is 0 Å². The Bertz CT molecular complexity index is 628. The normalized spacial score (nSPS) is 10.8. The highest BCUT2D eigenvalue weighted by Crippen LogP contribution is 2.30. The number of benzene rings is 1. The van der Waals surface area contributed by atoms with E-state index >= 15 is 0 Å². The summed E-state index contributed by atoms with van der Waals surface area (Å²) in [6.07, 6.45) is 0.576. The summed E-state index contributed by atoms with van der Waals surface area (Å²) in [7, 11) is 1.75. The standard InChI is InChI=1S/C12H12F2N4O2/c1-17-7-8(6-16-17)5-15-11-3-2-9(18(19)20)4-10(11)12(13)14/h2-4,6-7,12,15H,5H2,1H3. The number of non-ortho nitro benzene ring substituents is 1. The number of halogens is 2. The number of aryl methyl sites for hydroxylation is 1.